The molecule has 0 radical (unpaired) electrons. The van der Waals surface area contributed by atoms with Gasteiger partial charge in [-0.15, -0.1) is 0 Å². The largest absolute Gasteiger partial charge is 0.442 e. The predicted octanol–water partition coefficient (Wildman–Crippen LogP) is 2.69. The van der Waals surface area contributed by atoms with E-state index in [1.807, 2.05) is 13.8 Å². The number of nitrogens with zero attached hydrogens (tertiary/aromatic N) is 1. The first-order valence-electron chi connectivity index (χ1n) is 6.73. The standard InChI is InChI=1S/C14H18ClN3O3/c1-9(2)18-8-12(21-14(18)20)7-16-13(19)17-11-5-3-4-10(15)6-11/h3-6,9,12H,7-8H2,1-2H3,(H2,16,17,19). The number of rotatable bonds is 4. The van der Waals surface area contributed by atoms with E-state index in [-0.39, 0.29) is 30.8 Å². The molecule has 1 heterocycles. The molecule has 1 saturated heterocycles. The Balaban J connectivity index is 1.79. The molecule has 1 aromatic carbocycles. The average molecular weight is 312 g/mol. The van der Waals surface area contributed by atoms with Crippen LogP contribution in [0.2, 0.25) is 5.02 Å². The van der Waals surface area contributed by atoms with Crippen LogP contribution in [0.1, 0.15) is 13.8 Å². The van der Waals surface area contributed by atoms with Crippen molar-refractivity contribution in [2.75, 3.05) is 18.4 Å². The number of carbonyl (C=O) groups is 2. The molecule has 1 atom stereocenters. The molecular weight excluding hydrogens is 294 g/mol. The van der Waals surface area contributed by atoms with Crippen molar-refractivity contribution in [2.45, 2.75) is 26.0 Å². The zero-order valence-electron chi connectivity index (χ0n) is 11.9. The molecule has 1 unspecified atom stereocenters. The van der Waals surface area contributed by atoms with Crippen LogP contribution < -0.4 is 10.6 Å². The molecule has 0 aliphatic carbocycles. The Hall–Kier alpha value is -1.95. The number of carbonyl (C=O) groups excluding carboxylic acids is 2. The Morgan fingerprint density at radius 2 is 2.29 bits per heavy atom. The monoisotopic (exact) mass is 311 g/mol. The predicted molar refractivity (Wildman–Crippen MR) is 80.6 cm³/mol. The van der Waals surface area contributed by atoms with Gasteiger partial charge in [0.15, 0.2) is 0 Å². The zero-order valence-corrected chi connectivity index (χ0v) is 12.7. The van der Waals surface area contributed by atoms with Gasteiger partial charge in [0.1, 0.15) is 6.10 Å². The summed E-state index contributed by atoms with van der Waals surface area (Å²) >= 11 is 5.84. The van der Waals surface area contributed by atoms with Crippen molar-refractivity contribution in [3.63, 3.8) is 0 Å². The third-order valence-corrected chi connectivity index (χ3v) is 3.33. The summed E-state index contributed by atoms with van der Waals surface area (Å²) in [6.07, 6.45) is -0.669. The van der Waals surface area contributed by atoms with Crippen molar-refractivity contribution in [1.82, 2.24) is 10.2 Å². The van der Waals surface area contributed by atoms with E-state index in [1.165, 1.54) is 0 Å². The van der Waals surface area contributed by atoms with E-state index in [1.54, 1.807) is 29.2 Å². The minimum absolute atomic E-state index is 0.0859. The smallest absolute Gasteiger partial charge is 0.410 e. The van der Waals surface area contributed by atoms with Crippen LogP contribution in [0, 0.1) is 0 Å². The Morgan fingerprint density at radius 3 is 2.90 bits per heavy atom. The van der Waals surface area contributed by atoms with Crippen LogP contribution in [-0.4, -0.2) is 42.3 Å². The molecule has 0 saturated carbocycles. The van der Waals surface area contributed by atoms with E-state index in [0.717, 1.165) is 0 Å². The van der Waals surface area contributed by atoms with E-state index in [2.05, 4.69) is 10.6 Å². The summed E-state index contributed by atoms with van der Waals surface area (Å²) in [5.41, 5.74) is 0.604. The van der Waals surface area contributed by atoms with E-state index in [4.69, 9.17) is 16.3 Å². The lowest BCUT2D eigenvalue weighted by atomic mass is 10.3. The summed E-state index contributed by atoms with van der Waals surface area (Å²) in [7, 11) is 0. The summed E-state index contributed by atoms with van der Waals surface area (Å²) in [5.74, 6) is 0. The maximum atomic E-state index is 11.8. The van der Waals surface area contributed by atoms with Gasteiger partial charge < -0.3 is 20.3 Å². The first kappa shape index (κ1) is 15.4. The molecule has 114 valence electrons. The topological polar surface area (TPSA) is 70.7 Å². The number of hydrogen-bond donors (Lipinski definition) is 2. The van der Waals surface area contributed by atoms with Gasteiger partial charge in [-0.3, -0.25) is 0 Å². The van der Waals surface area contributed by atoms with Crippen LogP contribution in [-0.2, 0) is 4.74 Å². The molecule has 1 aliphatic rings. The van der Waals surface area contributed by atoms with Crippen molar-refractivity contribution in [2.24, 2.45) is 0 Å². The van der Waals surface area contributed by atoms with Crippen molar-refractivity contribution >= 4 is 29.4 Å². The Labute approximate surface area is 128 Å². The molecule has 3 amide bonds. The van der Waals surface area contributed by atoms with Crippen LogP contribution in [0.3, 0.4) is 0 Å². The number of hydrogen-bond acceptors (Lipinski definition) is 3. The van der Waals surface area contributed by atoms with Crippen LogP contribution in [0.25, 0.3) is 0 Å². The number of benzene rings is 1. The van der Waals surface area contributed by atoms with Crippen LogP contribution >= 0.6 is 11.6 Å². The number of cyclic esters (lactones) is 1. The third-order valence-electron chi connectivity index (χ3n) is 3.10. The fourth-order valence-electron chi connectivity index (χ4n) is 2.02. The Morgan fingerprint density at radius 1 is 1.52 bits per heavy atom. The van der Waals surface area contributed by atoms with Crippen LogP contribution in [0.5, 0.6) is 0 Å². The first-order valence-corrected chi connectivity index (χ1v) is 7.11. The summed E-state index contributed by atoms with van der Waals surface area (Å²) in [6.45, 7) is 4.58. The maximum absolute atomic E-state index is 11.8. The molecule has 6 nitrogen and oxygen atoms in total. The fourth-order valence-corrected chi connectivity index (χ4v) is 2.21. The minimum Gasteiger partial charge on any atom is -0.442 e. The van der Waals surface area contributed by atoms with Gasteiger partial charge in [-0.1, -0.05) is 17.7 Å². The Kier molecular flexibility index (Phi) is 4.90. The quantitative estimate of drug-likeness (QED) is 0.898. The number of urea groups is 1. The zero-order chi connectivity index (χ0) is 15.4. The highest BCUT2D eigenvalue weighted by Gasteiger charge is 2.32. The Bertz CT molecular complexity index is 536. The average Bonchev–Trinajstić information content (AvgIpc) is 2.78. The van der Waals surface area contributed by atoms with Gasteiger partial charge in [0.05, 0.1) is 13.1 Å². The lowest BCUT2D eigenvalue weighted by Gasteiger charge is -2.16. The van der Waals surface area contributed by atoms with E-state index < -0.39 is 0 Å². The summed E-state index contributed by atoms with van der Waals surface area (Å²) in [5, 5.41) is 5.89. The SMILES string of the molecule is CC(C)N1CC(CNC(=O)Nc2cccc(Cl)c2)OC1=O. The number of anilines is 1. The van der Waals surface area contributed by atoms with E-state index >= 15 is 0 Å². The fraction of sp³-hybridized carbons (Fsp3) is 0.429. The highest BCUT2D eigenvalue weighted by atomic mass is 35.5. The first-order chi connectivity index (χ1) is 9.95. The highest BCUT2D eigenvalue weighted by Crippen LogP contribution is 2.15. The molecule has 2 N–H and O–H groups in total. The number of nitrogens with one attached hydrogen (secondary N) is 2. The molecule has 0 aromatic heterocycles. The molecule has 21 heavy (non-hydrogen) atoms. The van der Waals surface area contributed by atoms with Crippen molar-refractivity contribution in [3.05, 3.63) is 29.3 Å². The van der Waals surface area contributed by atoms with Crippen molar-refractivity contribution in [1.29, 1.82) is 0 Å². The van der Waals surface area contributed by atoms with Gasteiger partial charge in [-0.2, -0.15) is 0 Å². The number of amides is 3. The minimum atomic E-state index is -0.365. The van der Waals surface area contributed by atoms with Gasteiger partial charge in [0, 0.05) is 16.8 Å². The normalized spacial score (nSPS) is 17.8. The van der Waals surface area contributed by atoms with Crippen LogP contribution in [0.4, 0.5) is 15.3 Å². The molecular formula is C14H18ClN3O3. The van der Waals surface area contributed by atoms with Gasteiger partial charge in [-0.05, 0) is 32.0 Å². The summed E-state index contributed by atoms with van der Waals surface area (Å²) in [4.78, 5) is 24.9. The van der Waals surface area contributed by atoms with E-state index in [9.17, 15) is 9.59 Å². The van der Waals surface area contributed by atoms with Crippen LogP contribution in [0.15, 0.2) is 24.3 Å². The summed E-state index contributed by atoms with van der Waals surface area (Å²) < 4.78 is 5.18. The lowest BCUT2D eigenvalue weighted by Crippen LogP contribution is -2.38. The van der Waals surface area contributed by atoms with E-state index in [0.29, 0.717) is 17.3 Å². The second kappa shape index (κ2) is 6.67. The van der Waals surface area contributed by atoms with Gasteiger partial charge >= 0.3 is 12.1 Å². The molecule has 0 spiro atoms. The maximum Gasteiger partial charge on any atom is 0.410 e. The number of ether oxygens (including phenoxy) is 1. The molecule has 0 bridgehead atoms. The van der Waals surface area contributed by atoms with Gasteiger partial charge in [0.25, 0.3) is 0 Å². The lowest BCUT2D eigenvalue weighted by molar-refractivity contribution is 0.129. The molecule has 1 aromatic rings. The molecule has 1 fully saturated rings. The highest BCUT2D eigenvalue weighted by molar-refractivity contribution is 6.30. The summed E-state index contributed by atoms with van der Waals surface area (Å²) in [6, 6.07) is 6.58. The molecule has 7 heteroatoms. The molecule has 1 aliphatic heterocycles. The van der Waals surface area contributed by atoms with Crippen molar-refractivity contribution in [3.8, 4) is 0 Å². The van der Waals surface area contributed by atoms with Crippen molar-refractivity contribution < 1.29 is 14.3 Å². The second-order valence-electron chi connectivity index (χ2n) is 5.10. The van der Waals surface area contributed by atoms with Gasteiger partial charge in [-0.25, -0.2) is 9.59 Å². The second-order valence-corrected chi connectivity index (χ2v) is 5.53. The number of halogens is 1. The molecule has 2 rings (SSSR count). The third kappa shape index (κ3) is 4.26. The van der Waals surface area contributed by atoms with Gasteiger partial charge in [0.2, 0.25) is 0 Å².